The number of ether oxygens (including phenoxy) is 1. The number of hydrogen-bond acceptors (Lipinski definition) is 6. The Morgan fingerprint density at radius 2 is 1.85 bits per heavy atom. The Bertz CT molecular complexity index is 1240. The summed E-state index contributed by atoms with van der Waals surface area (Å²) in [6, 6.07) is 22.5. The fourth-order valence-corrected chi connectivity index (χ4v) is 4.66. The second kappa shape index (κ2) is 10.2. The van der Waals surface area contributed by atoms with Crippen LogP contribution in [0.4, 0.5) is 5.69 Å². The molecule has 34 heavy (non-hydrogen) atoms. The Balaban J connectivity index is 1.63. The van der Waals surface area contributed by atoms with E-state index in [0.717, 1.165) is 11.1 Å². The number of hydrazine groups is 1. The second-order valence-corrected chi connectivity index (χ2v) is 8.60. The van der Waals surface area contributed by atoms with E-state index in [0.29, 0.717) is 16.2 Å². The van der Waals surface area contributed by atoms with E-state index in [9.17, 15) is 19.7 Å². The molecule has 0 aromatic heterocycles. The van der Waals surface area contributed by atoms with Crippen LogP contribution in [0.5, 0.6) is 5.75 Å². The molecule has 1 saturated heterocycles. The summed E-state index contributed by atoms with van der Waals surface area (Å²) >= 11 is 1.26. The summed E-state index contributed by atoms with van der Waals surface area (Å²) in [5, 5.41) is 11.9. The molecule has 0 saturated carbocycles. The minimum Gasteiger partial charge on any atom is -0.497 e. The third-order valence-electron chi connectivity index (χ3n) is 5.14. The minimum absolute atomic E-state index is 0.0653. The van der Waals surface area contributed by atoms with Crippen molar-refractivity contribution in [3.05, 3.63) is 111 Å². The first-order chi connectivity index (χ1) is 16.4. The molecule has 0 radical (unpaired) electrons. The quantitative estimate of drug-likeness (QED) is 0.307. The van der Waals surface area contributed by atoms with E-state index in [1.54, 1.807) is 37.5 Å². The molecule has 1 aliphatic rings. The van der Waals surface area contributed by atoms with Crippen molar-refractivity contribution in [2.45, 2.75) is 11.8 Å². The average Bonchev–Trinajstić information content (AvgIpc) is 3.14. The Morgan fingerprint density at radius 3 is 2.53 bits per heavy atom. The standard InChI is InChI=1S/C25H21N3O5S/c1-33-21-12-10-19(11-13-21)25-27(26-23(29)16-17-6-3-2-4-7-17)24(30)22(34-25)15-18-8-5-9-20(14-18)28(31)32/h2-15,25H,16H2,1H3,(H,26,29)/b22-15+/t25-/m1/s1. The van der Waals surface area contributed by atoms with E-state index in [2.05, 4.69) is 5.43 Å². The molecule has 4 rings (SSSR count). The number of nitrogens with one attached hydrogen (secondary N) is 1. The van der Waals surface area contributed by atoms with Gasteiger partial charge in [0.15, 0.2) is 0 Å². The SMILES string of the molecule is COc1ccc([C@H]2S/C(=C/c3cccc([N+](=O)[O-])c3)C(=O)N2NC(=O)Cc2ccccc2)cc1. The molecule has 8 nitrogen and oxygen atoms in total. The number of methoxy groups -OCH3 is 1. The van der Waals surface area contributed by atoms with Crippen molar-refractivity contribution in [1.29, 1.82) is 0 Å². The van der Waals surface area contributed by atoms with Gasteiger partial charge in [0.05, 0.1) is 23.4 Å². The number of nitro groups is 1. The molecule has 1 fully saturated rings. The van der Waals surface area contributed by atoms with Crippen molar-refractivity contribution in [2.24, 2.45) is 0 Å². The lowest BCUT2D eigenvalue weighted by molar-refractivity contribution is -0.384. The minimum atomic E-state index is -0.511. The van der Waals surface area contributed by atoms with Crippen LogP contribution in [0.25, 0.3) is 6.08 Å². The van der Waals surface area contributed by atoms with Crippen LogP contribution in [-0.2, 0) is 16.0 Å². The predicted molar refractivity (Wildman–Crippen MR) is 130 cm³/mol. The van der Waals surface area contributed by atoms with E-state index in [-0.39, 0.29) is 18.0 Å². The topological polar surface area (TPSA) is 102 Å². The highest BCUT2D eigenvalue weighted by Crippen LogP contribution is 2.45. The van der Waals surface area contributed by atoms with Gasteiger partial charge in [-0.25, -0.2) is 5.01 Å². The Morgan fingerprint density at radius 1 is 1.12 bits per heavy atom. The van der Waals surface area contributed by atoms with Crippen molar-refractivity contribution in [1.82, 2.24) is 10.4 Å². The molecule has 3 aromatic carbocycles. The number of rotatable bonds is 7. The van der Waals surface area contributed by atoms with E-state index in [1.807, 2.05) is 42.5 Å². The van der Waals surface area contributed by atoms with Crippen molar-refractivity contribution in [3.8, 4) is 5.75 Å². The predicted octanol–water partition coefficient (Wildman–Crippen LogP) is 4.49. The highest BCUT2D eigenvalue weighted by molar-refractivity contribution is 8.04. The number of nitro benzene ring substituents is 1. The molecule has 9 heteroatoms. The molecule has 2 amide bonds. The van der Waals surface area contributed by atoms with Crippen LogP contribution in [-0.4, -0.2) is 28.9 Å². The molecule has 1 heterocycles. The fourth-order valence-electron chi connectivity index (χ4n) is 3.47. The molecule has 3 aromatic rings. The van der Waals surface area contributed by atoms with Gasteiger partial charge < -0.3 is 4.74 Å². The summed E-state index contributed by atoms with van der Waals surface area (Å²) in [5.74, 6) is -0.0425. The van der Waals surface area contributed by atoms with Gasteiger partial charge in [-0.3, -0.25) is 25.1 Å². The average molecular weight is 476 g/mol. The van der Waals surface area contributed by atoms with Gasteiger partial charge in [-0.05, 0) is 34.9 Å². The van der Waals surface area contributed by atoms with Crippen LogP contribution in [0.2, 0.25) is 0 Å². The summed E-state index contributed by atoms with van der Waals surface area (Å²) in [6.07, 6.45) is 1.72. The van der Waals surface area contributed by atoms with Crippen LogP contribution >= 0.6 is 11.8 Å². The van der Waals surface area contributed by atoms with Gasteiger partial charge in [0.2, 0.25) is 5.91 Å². The number of amides is 2. The lowest BCUT2D eigenvalue weighted by Gasteiger charge is -2.24. The molecule has 1 N–H and O–H groups in total. The first kappa shape index (κ1) is 23.1. The lowest BCUT2D eigenvalue weighted by atomic mass is 10.1. The first-order valence-electron chi connectivity index (χ1n) is 10.4. The highest BCUT2D eigenvalue weighted by atomic mass is 32.2. The molecule has 0 unspecified atom stereocenters. The van der Waals surface area contributed by atoms with E-state index in [1.165, 1.54) is 28.9 Å². The van der Waals surface area contributed by atoms with Gasteiger partial charge in [0.1, 0.15) is 11.1 Å². The smallest absolute Gasteiger partial charge is 0.280 e. The lowest BCUT2D eigenvalue weighted by Crippen LogP contribution is -2.44. The Hall–Kier alpha value is -4.11. The molecule has 1 aliphatic heterocycles. The third-order valence-corrected chi connectivity index (χ3v) is 6.39. The maximum atomic E-state index is 13.3. The molecule has 172 valence electrons. The van der Waals surface area contributed by atoms with Crippen LogP contribution < -0.4 is 10.2 Å². The number of carbonyl (C=O) groups excluding carboxylic acids is 2. The normalized spacial score (nSPS) is 16.5. The van der Waals surface area contributed by atoms with Crippen LogP contribution in [0, 0.1) is 10.1 Å². The number of hydrogen-bond donors (Lipinski definition) is 1. The zero-order valence-electron chi connectivity index (χ0n) is 18.2. The second-order valence-electron chi connectivity index (χ2n) is 7.48. The number of thioether (sulfide) groups is 1. The molecule has 1 atom stereocenters. The fraction of sp³-hybridized carbons (Fsp3) is 0.120. The van der Waals surface area contributed by atoms with Gasteiger partial charge in [-0.1, -0.05) is 66.4 Å². The molecular formula is C25H21N3O5S. The van der Waals surface area contributed by atoms with Crippen molar-refractivity contribution in [2.75, 3.05) is 7.11 Å². The highest BCUT2D eigenvalue weighted by Gasteiger charge is 2.38. The van der Waals surface area contributed by atoms with Crippen molar-refractivity contribution < 1.29 is 19.2 Å². The summed E-state index contributed by atoms with van der Waals surface area (Å²) < 4.78 is 5.22. The zero-order chi connectivity index (χ0) is 24.1. The van der Waals surface area contributed by atoms with Crippen LogP contribution in [0.3, 0.4) is 0 Å². The summed E-state index contributed by atoms with van der Waals surface area (Å²) in [5.41, 5.74) is 4.82. The van der Waals surface area contributed by atoms with E-state index in [4.69, 9.17) is 4.74 Å². The van der Waals surface area contributed by atoms with Gasteiger partial charge in [0.25, 0.3) is 11.6 Å². The first-order valence-corrected chi connectivity index (χ1v) is 11.3. The molecule has 0 spiro atoms. The summed E-state index contributed by atoms with van der Waals surface area (Å²) in [4.78, 5) is 37.0. The number of nitrogens with zero attached hydrogens (tertiary/aromatic N) is 2. The van der Waals surface area contributed by atoms with Crippen LogP contribution in [0.15, 0.2) is 83.8 Å². The third kappa shape index (κ3) is 5.26. The van der Waals surface area contributed by atoms with Gasteiger partial charge >= 0.3 is 0 Å². The zero-order valence-corrected chi connectivity index (χ0v) is 19.0. The van der Waals surface area contributed by atoms with E-state index >= 15 is 0 Å². The molecule has 0 bridgehead atoms. The Kier molecular flexibility index (Phi) is 6.93. The Labute approximate surface area is 200 Å². The molecular weight excluding hydrogens is 454 g/mol. The molecule has 0 aliphatic carbocycles. The van der Waals surface area contributed by atoms with Gasteiger partial charge in [-0.15, -0.1) is 0 Å². The van der Waals surface area contributed by atoms with Gasteiger partial charge in [-0.2, -0.15) is 0 Å². The van der Waals surface area contributed by atoms with Crippen molar-refractivity contribution in [3.63, 3.8) is 0 Å². The monoisotopic (exact) mass is 475 g/mol. The number of carbonyl (C=O) groups is 2. The maximum absolute atomic E-state index is 13.3. The summed E-state index contributed by atoms with van der Waals surface area (Å²) in [7, 11) is 1.57. The van der Waals surface area contributed by atoms with E-state index < -0.39 is 16.2 Å². The number of non-ortho nitro benzene ring substituents is 1. The van der Waals surface area contributed by atoms with Crippen molar-refractivity contribution >= 4 is 35.3 Å². The maximum Gasteiger partial charge on any atom is 0.280 e. The largest absolute Gasteiger partial charge is 0.497 e. The summed E-state index contributed by atoms with van der Waals surface area (Å²) in [6.45, 7) is 0. The number of benzene rings is 3. The van der Waals surface area contributed by atoms with Gasteiger partial charge in [0, 0.05) is 12.1 Å². The van der Waals surface area contributed by atoms with Crippen LogP contribution in [0.1, 0.15) is 22.1 Å².